The Labute approximate surface area is 292 Å². The van der Waals surface area contributed by atoms with Gasteiger partial charge in [0.15, 0.2) is 6.17 Å². The van der Waals surface area contributed by atoms with Crippen LogP contribution in [0.15, 0.2) is 143 Å². The van der Waals surface area contributed by atoms with Crippen molar-refractivity contribution in [3.63, 3.8) is 0 Å². The van der Waals surface area contributed by atoms with Crippen molar-refractivity contribution < 1.29 is 0 Å². The van der Waals surface area contributed by atoms with Gasteiger partial charge in [-0.15, -0.1) is 0 Å². The molecule has 7 nitrogen and oxygen atoms in total. The zero-order chi connectivity index (χ0) is 33.0. The summed E-state index contributed by atoms with van der Waals surface area (Å²) >= 11 is 0. The Kier molecular flexibility index (Phi) is 7.03. The molecule has 0 spiro atoms. The number of hydrogen-bond acceptors (Lipinski definition) is 6. The number of aliphatic imine (C=N–C) groups is 2. The van der Waals surface area contributed by atoms with E-state index in [9.17, 15) is 0 Å². The van der Waals surface area contributed by atoms with E-state index in [1.54, 1.807) is 0 Å². The number of aromatic nitrogens is 2. The van der Waals surface area contributed by atoms with E-state index in [1.807, 2.05) is 30.6 Å². The van der Waals surface area contributed by atoms with Crippen LogP contribution in [0.1, 0.15) is 60.3 Å². The molecular formula is C43H39N7. The standard InChI is InChI=1S/C43H39N7/c1-2-12-30(13-3-1)49-37-18-6-4-14-31(37)33-22-20-29(27-40(33)49)28-21-23-39-34(26-28)32-15-5-7-19-38(32)50(39)43-47-41(35-16-8-10-24-44-35)46-42(48-43)36-17-9-11-25-45-36/h1-8,10-16,18-20,22,24-26,29,33,36,40-41,45H,9,17,21,23,27H2,(H,46,47,48)/t29-,33?,36?,40?,41?/m1/s1. The first-order chi connectivity index (χ1) is 24.8. The molecule has 5 atom stereocenters. The van der Waals surface area contributed by atoms with Gasteiger partial charge in [-0.05, 0) is 80.3 Å². The average molecular weight is 654 g/mol. The molecule has 2 aromatic heterocycles. The largest absolute Gasteiger partial charge is 0.381 e. The van der Waals surface area contributed by atoms with Gasteiger partial charge in [-0.3, -0.25) is 9.55 Å². The molecule has 246 valence electrons. The van der Waals surface area contributed by atoms with Gasteiger partial charge < -0.3 is 15.5 Å². The third-order valence-corrected chi connectivity index (χ3v) is 11.1. The van der Waals surface area contributed by atoms with Crippen LogP contribution in [0.25, 0.3) is 17.0 Å². The van der Waals surface area contributed by atoms with Crippen LogP contribution in [-0.2, 0) is 6.42 Å². The first-order valence-electron chi connectivity index (χ1n) is 18.0. The van der Waals surface area contributed by atoms with Crippen molar-refractivity contribution in [2.24, 2.45) is 15.9 Å². The third kappa shape index (κ3) is 4.83. The van der Waals surface area contributed by atoms with Crippen LogP contribution in [0.5, 0.6) is 0 Å². The summed E-state index contributed by atoms with van der Waals surface area (Å²) in [5.74, 6) is 2.52. The molecule has 0 fully saturated rings. The Morgan fingerprint density at radius 3 is 2.54 bits per heavy atom. The number of nitrogens with zero attached hydrogens (tertiary/aromatic N) is 5. The van der Waals surface area contributed by atoms with E-state index in [0.717, 1.165) is 49.6 Å². The van der Waals surface area contributed by atoms with Gasteiger partial charge in [0.05, 0.1) is 17.3 Å². The SMILES string of the molecule is C1=CNC(C2=NC(c3ccccn3)N=C(n3c4c(c5ccccc53)C=C([C@@H]3C=CC5c6ccccc6N(c6ccccc6)C5C3)CC4)N2)CC1. The number of rotatable bonds is 4. The van der Waals surface area contributed by atoms with Crippen molar-refractivity contribution in [1.29, 1.82) is 0 Å². The fourth-order valence-corrected chi connectivity index (χ4v) is 8.82. The number of anilines is 2. The van der Waals surface area contributed by atoms with Gasteiger partial charge in [-0.2, -0.15) is 0 Å². The van der Waals surface area contributed by atoms with Gasteiger partial charge in [0.25, 0.3) is 0 Å². The summed E-state index contributed by atoms with van der Waals surface area (Å²) in [6.07, 6.45) is 18.2. The highest BCUT2D eigenvalue weighted by atomic mass is 15.3. The molecule has 3 aliphatic heterocycles. The summed E-state index contributed by atoms with van der Waals surface area (Å²) in [5, 5.41) is 8.49. The van der Waals surface area contributed by atoms with Crippen molar-refractivity contribution in [2.75, 3.05) is 4.90 Å². The smallest absolute Gasteiger partial charge is 0.211 e. The van der Waals surface area contributed by atoms with E-state index in [1.165, 1.54) is 44.7 Å². The molecule has 0 saturated carbocycles. The molecule has 0 amide bonds. The fourth-order valence-electron chi connectivity index (χ4n) is 8.82. The van der Waals surface area contributed by atoms with Gasteiger partial charge in [0, 0.05) is 52.1 Å². The lowest BCUT2D eigenvalue weighted by Crippen LogP contribution is -2.49. The monoisotopic (exact) mass is 653 g/mol. The molecule has 3 aromatic carbocycles. The number of nitrogens with one attached hydrogen (secondary N) is 2. The second-order valence-corrected chi connectivity index (χ2v) is 13.9. The topological polar surface area (TPSA) is 69.8 Å². The molecule has 0 bridgehead atoms. The lowest BCUT2D eigenvalue weighted by molar-refractivity contribution is 0.490. The van der Waals surface area contributed by atoms with Crippen LogP contribution in [0.2, 0.25) is 0 Å². The minimum atomic E-state index is -0.412. The van der Waals surface area contributed by atoms with Gasteiger partial charge in [0.1, 0.15) is 5.84 Å². The van der Waals surface area contributed by atoms with E-state index in [2.05, 4.69) is 128 Å². The van der Waals surface area contributed by atoms with Crippen LogP contribution in [-0.4, -0.2) is 33.4 Å². The fraction of sp³-hybridized carbons (Fsp3) is 0.233. The Morgan fingerprint density at radius 1 is 0.800 bits per heavy atom. The number of amidine groups is 1. The highest BCUT2D eigenvalue weighted by molar-refractivity contribution is 6.09. The minimum absolute atomic E-state index is 0.0972. The van der Waals surface area contributed by atoms with Crippen molar-refractivity contribution in [1.82, 2.24) is 20.2 Å². The maximum absolute atomic E-state index is 5.24. The lowest BCUT2D eigenvalue weighted by atomic mass is 9.76. The summed E-state index contributed by atoms with van der Waals surface area (Å²) < 4.78 is 2.36. The van der Waals surface area contributed by atoms with Crippen LogP contribution in [0.3, 0.4) is 0 Å². The number of allylic oxidation sites excluding steroid dienone is 3. The van der Waals surface area contributed by atoms with E-state index >= 15 is 0 Å². The Morgan fingerprint density at radius 2 is 1.66 bits per heavy atom. The summed E-state index contributed by atoms with van der Waals surface area (Å²) in [5.41, 5.74) is 10.2. The van der Waals surface area contributed by atoms with Gasteiger partial charge in [0.2, 0.25) is 5.96 Å². The number of hydrogen-bond donors (Lipinski definition) is 2. The number of pyridine rings is 1. The molecule has 50 heavy (non-hydrogen) atoms. The van der Waals surface area contributed by atoms with Crippen LogP contribution < -0.4 is 15.5 Å². The first kappa shape index (κ1) is 29.2. The highest BCUT2D eigenvalue weighted by Gasteiger charge is 2.41. The third-order valence-electron chi connectivity index (χ3n) is 11.1. The molecule has 2 N–H and O–H groups in total. The van der Waals surface area contributed by atoms with Gasteiger partial charge in [-0.25, -0.2) is 9.98 Å². The lowest BCUT2D eigenvalue weighted by Gasteiger charge is -2.36. The second kappa shape index (κ2) is 12.0. The van der Waals surface area contributed by atoms with Crippen molar-refractivity contribution >= 4 is 40.1 Å². The molecule has 2 aliphatic carbocycles. The maximum Gasteiger partial charge on any atom is 0.211 e. The molecule has 4 unspecified atom stereocenters. The molecular weight excluding hydrogens is 615 g/mol. The van der Waals surface area contributed by atoms with Gasteiger partial charge >= 0.3 is 0 Å². The second-order valence-electron chi connectivity index (χ2n) is 13.9. The average Bonchev–Trinajstić information content (AvgIpc) is 3.71. The van der Waals surface area contributed by atoms with E-state index in [0.29, 0.717) is 17.9 Å². The first-order valence-corrected chi connectivity index (χ1v) is 18.0. The number of para-hydroxylation sites is 3. The van der Waals surface area contributed by atoms with Crippen LogP contribution in [0, 0.1) is 5.92 Å². The summed E-state index contributed by atoms with van der Waals surface area (Å²) in [6.45, 7) is 0. The van der Waals surface area contributed by atoms with Crippen molar-refractivity contribution in [2.45, 2.75) is 56.3 Å². The molecule has 5 aliphatic rings. The predicted molar refractivity (Wildman–Crippen MR) is 203 cm³/mol. The molecule has 10 rings (SSSR count). The van der Waals surface area contributed by atoms with Crippen LogP contribution in [0.4, 0.5) is 11.4 Å². The van der Waals surface area contributed by atoms with Crippen molar-refractivity contribution in [3.05, 3.63) is 156 Å². The highest BCUT2D eigenvalue weighted by Crippen LogP contribution is 2.51. The van der Waals surface area contributed by atoms with E-state index in [-0.39, 0.29) is 6.04 Å². The minimum Gasteiger partial charge on any atom is -0.381 e. The number of benzene rings is 3. The normalized spacial score (nSPS) is 25.1. The van der Waals surface area contributed by atoms with Crippen LogP contribution >= 0.6 is 0 Å². The van der Waals surface area contributed by atoms with Crippen molar-refractivity contribution in [3.8, 4) is 0 Å². The molecule has 7 heteroatoms. The Bertz CT molecular complexity index is 2240. The molecule has 5 aromatic rings. The zero-order valence-corrected chi connectivity index (χ0v) is 27.9. The predicted octanol–water partition coefficient (Wildman–Crippen LogP) is 8.42. The maximum atomic E-state index is 5.24. The summed E-state index contributed by atoms with van der Waals surface area (Å²) in [7, 11) is 0. The Hall–Kier alpha value is -5.69. The molecule has 0 saturated heterocycles. The van der Waals surface area contributed by atoms with Gasteiger partial charge in [-0.1, -0.05) is 90.5 Å². The molecule has 0 radical (unpaired) electrons. The summed E-state index contributed by atoms with van der Waals surface area (Å²) in [4.78, 5) is 17.6. The Balaban J connectivity index is 1.03. The van der Waals surface area contributed by atoms with E-state index < -0.39 is 6.17 Å². The quantitative estimate of drug-likeness (QED) is 0.191. The van der Waals surface area contributed by atoms with E-state index in [4.69, 9.17) is 9.98 Å². The molecule has 5 heterocycles. The zero-order valence-electron chi connectivity index (χ0n) is 27.9. The number of fused-ring (bicyclic) bond motifs is 6. The summed E-state index contributed by atoms with van der Waals surface area (Å²) in [6, 6.07) is 35.2.